The summed E-state index contributed by atoms with van der Waals surface area (Å²) < 4.78 is 5.21. The Morgan fingerprint density at radius 2 is 2.70 bits per heavy atom. The Bertz CT molecular complexity index is 160. The standard InChI is InChI=1S/C7H11N2O/c1-2-3-4-10-7-5-8-6-9-7/h5H,2-4H2,1H3,(H,8,9). The smallest absolute Gasteiger partial charge is 0.232 e. The van der Waals surface area contributed by atoms with Crippen molar-refractivity contribution in [1.82, 2.24) is 9.97 Å². The van der Waals surface area contributed by atoms with Gasteiger partial charge in [-0.05, 0) is 6.42 Å². The Morgan fingerprint density at radius 3 is 3.30 bits per heavy atom. The maximum absolute atomic E-state index is 5.21. The van der Waals surface area contributed by atoms with Crippen LogP contribution in [0.15, 0.2) is 6.20 Å². The highest BCUT2D eigenvalue weighted by atomic mass is 16.5. The SMILES string of the molecule is CCCCOc1c[nH][c]n1. The van der Waals surface area contributed by atoms with Gasteiger partial charge in [-0.25, -0.2) is 0 Å². The zero-order chi connectivity index (χ0) is 7.23. The second kappa shape index (κ2) is 3.93. The topological polar surface area (TPSA) is 37.9 Å². The summed E-state index contributed by atoms with van der Waals surface area (Å²) in [6, 6.07) is 0. The van der Waals surface area contributed by atoms with Gasteiger partial charge in [-0.2, -0.15) is 4.98 Å². The Balaban J connectivity index is 2.15. The summed E-state index contributed by atoms with van der Waals surface area (Å²) in [7, 11) is 0. The predicted molar refractivity (Wildman–Crippen MR) is 37.8 cm³/mol. The molecule has 1 aromatic rings. The van der Waals surface area contributed by atoms with Gasteiger partial charge in [0, 0.05) is 0 Å². The van der Waals surface area contributed by atoms with Crippen molar-refractivity contribution >= 4 is 0 Å². The second-order valence-corrected chi connectivity index (χ2v) is 2.05. The van der Waals surface area contributed by atoms with Crippen LogP contribution in [0.3, 0.4) is 0 Å². The molecule has 1 N–H and O–H groups in total. The van der Waals surface area contributed by atoms with E-state index in [0.717, 1.165) is 19.4 Å². The van der Waals surface area contributed by atoms with Crippen molar-refractivity contribution < 1.29 is 4.74 Å². The van der Waals surface area contributed by atoms with Crippen LogP contribution in [0.1, 0.15) is 19.8 Å². The number of rotatable bonds is 4. The Kier molecular flexibility index (Phi) is 2.80. The number of nitrogens with zero attached hydrogens (tertiary/aromatic N) is 1. The summed E-state index contributed by atoms with van der Waals surface area (Å²) in [6.07, 6.45) is 6.47. The summed E-state index contributed by atoms with van der Waals surface area (Å²) in [5, 5.41) is 0. The van der Waals surface area contributed by atoms with E-state index in [1.807, 2.05) is 0 Å². The minimum absolute atomic E-state index is 0.633. The molecule has 1 radical (unpaired) electrons. The number of hydrogen-bond donors (Lipinski definition) is 1. The first-order valence-electron chi connectivity index (χ1n) is 3.47. The van der Waals surface area contributed by atoms with E-state index in [2.05, 4.69) is 23.2 Å². The molecule has 3 nitrogen and oxygen atoms in total. The molecule has 0 aromatic carbocycles. The van der Waals surface area contributed by atoms with Crippen LogP contribution in [0.5, 0.6) is 5.88 Å². The molecule has 0 amide bonds. The van der Waals surface area contributed by atoms with Crippen molar-refractivity contribution in [2.75, 3.05) is 6.61 Å². The van der Waals surface area contributed by atoms with Crippen molar-refractivity contribution in [1.29, 1.82) is 0 Å². The third-order valence-electron chi connectivity index (χ3n) is 1.17. The summed E-state index contributed by atoms with van der Waals surface area (Å²) in [5.74, 6) is 0.633. The number of imidazole rings is 1. The number of unbranched alkanes of at least 4 members (excludes halogenated alkanes) is 1. The van der Waals surface area contributed by atoms with Crippen LogP contribution in [-0.4, -0.2) is 16.6 Å². The van der Waals surface area contributed by atoms with Crippen LogP contribution < -0.4 is 4.74 Å². The largest absolute Gasteiger partial charge is 0.477 e. The molecule has 10 heavy (non-hydrogen) atoms. The van der Waals surface area contributed by atoms with Crippen LogP contribution in [0.4, 0.5) is 0 Å². The molecule has 0 unspecified atom stereocenters. The molecule has 0 fully saturated rings. The third kappa shape index (κ3) is 2.09. The predicted octanol–water partition coefficient (Wildman–Crippen LogP) is 1.39. The Hall–Kier alpha value is -0.990. The number of aromatic amines is 1. The molecular weight excluding hydrogens is 128 g/mol. The summed E-state index contributed by atoms with van der Waals surface area (Å²) in [6.45, 7) is 2.87. The van der Waals surface area contributed by atoms with Gasteiger partial charge in [-0.3, -0.25) is 0 Å². The summed E-state index contributed by atoms with van der Waals surface area (Å²) in [5.41, 5.74) is 0. The highest BCUT2D eigenvalue weighted by Gasteiger charge is 1.91. The van der Waals surface area contributed by atoms with E-state index in [4.69, 9.17) is 4.74 Å². The molecule has 1 aromatic heterocycles. The molecule has 0 spiro atoms. The van der Waals surface area contributed by atoms with Gasteiger partial charge in [0.1, 0.15) is 0 Å². The molecule has 1 heterocycles. The van der Waals surface area contributed by atoms with E-state index in [9.17, 15) is 0 Å². The van der Waals surface area contributed by atoms with Gasteiger partial charge in [0.15, 0.2) is 6.33 Å². The number of ether oxygens (including phenoxy) is 1. The molecule has 1 rings (SSSR count). The fraction of sp³-hybridized carbons (Fsp3) is 0.571. The van der Waals surface area contributed by atoms with Crippen LogP contribution >= 0.6 is 0 Å². The molecule has 3 heteroatoms. The number of H-pyrrole nitrogens is 1. The van der Waals surface area contributed by atoms with Gasteiger partial charge >= 0.3 is 0 Å². The van der Waals surface area contributed by atoms with Gasteiger partial charge < -0.3 is 9.72 Å². The zero-order valence-electron chi connectivity index (χ0n) is 6.05. The molecule has 0 saturated heterocycles. The van der Waals surface area contributed by atoms with Gasteiger partial charge in [0.05, 0.1) is 12.8 Å². The molecule has 0 saturated carbocycles. The van der Waals surface area contributed by atoms with Crippen molar-refractivity contribution in [2.24, 2.45) is 0 Å². The lowest BCUT2D eigenvalue weighted by atomic mass is 10.4. The highest BCUT2D eigenvalue weighted by Crippen LogP contribution is 2.01. The van der Waals surface area contributed by atoms with Gasteiger partial charge in [-0.1, -0.05) is 13.3 Å². The van der Waals surface area contributed by atoms with E-state index < -0.39 is 0 Å². The maximum Gasteiger partial charge on any atom is 0.232 e. The number of hydrogen-bond acceptors (Lipinski definition) is 2. The summed E-state index contributed by atoms with van der Waals surface area (Å²) in [4.78, 5) is 6.48. The molecule has 55 valence electrons. The van der Waals surface area contributed by atoms with Crippen molar-refractivity contribution in [2.45, 2.75) is 19.8 Å². The van der Waals surface area contributed by atoms with Crippen molar-refractivity contribution in [3.63, 3.8) is 0 Å². The van der Waals surface area contributed by atoms with E-state index in [1.165, 1.54) is 0 Å². The summed E-state index contributed by atoms with van der Waals surface area (Å²) >= 11 is 0. The lowest BCUT2D eigenvalue weighted by molar-refractivity contribution is 0.299. The first kappa shape index (κ1) is 7.12. The molecule has 0 atom stereocenters. The Morgan fingerprint density at radius 1 is 1.80 bits per heavy atom. The quantitative estimate of drug-likeness (QED) is 0.640. The zero-order valence-corrected chi connectivity index (χ0v) is 6.05. The normalized spacial score (nSPS) is 9.70. The number of aromatic nitrogens is 2. The van der Waals surface area contributed by atoms with Crippen molar-refractivity contribution in [3.05, 3.63) is 12.5 Å². The van der Waals surface area contributed by atoms with E-state index in [-0.39, 0.29) is 0 Å². The second-order valence-electron chi connectivity index (χ2n) is 2.05. The monoisotopic (exact) mass is 139 g/mol. The van der Waals surface area contributed by atoms with Crippen LogP contribution in [0, 0.1) is 6.33 Å². The van der Waals surface area contributed by atoms with Gasteiger partial charge in [0.2, 0.25) is 5.88 Å². The maximum atomic E-state index is 5.21. The molecular formula is C7H11N2O. The molecule has 0 aliphatic heterocycles. The molecule has 0 aliphatic rings. The van der Waals surface area contributed by atoms with Crippen LogP contribution in [-0.2, 0) is 0 Å². The molecule has 0 bridgehead atoms. The lowest BCUT2D eigenvalue weighted by Crippen LogP contribution is -1.95. The van der Waals surface area contributed by atoms with Crippen LogP contribution in [0.2, 0.25) is 0 Å². The minimum Gasteiger partial charge on any atom is -0.477 e. The van der Waals surface area contributed by atoms with Crippen LogP contribution in [0.25, 0.3) is 0 Å². The van der Waals surface area contributed by atoms with Crippen molar-refractivity contribution in [3.8, 4) is 5.88 Å². The van der Waals surface area contributed by atoms with E-state index >= 15 is 0 Å². The average molecular weight is 139 g/mol. The van der Waals surface area contributed by atoms with E-state index in [1.54, 1.807) is 6.20 Å². The molecule has 0 aliphatic carbocycles. The fourth-order valence-corrected chi connectivity index (χ4v) is 0.609. The average Bonchev–Trinajstić information content (AvgIpc) is 2.41. The fourth-order valence-electron chi connectivity index (χ4n) is 0.609. The van der Waals surface area contributed by atoms with Gasteiger partial charge in [0.25, 0.3) is 0 Å². The Labute approximate surface area is 60.4 Å². The minimum atomic E-state index is 0.633. The first-order valence-corrected chi connectivity index (χ1v) is 3.47. The highest BCUT2D eigenvalue weighted by molar-refractivity contribution is 4.99. The lowest BCUT2D eigenvalue weighted by Gasteiger charge is -1.98. The number of nitrogens with one attached hydrogen (secondary N) is 1. The third-order valence-corrected chi connectivity index (χ3v) is 1.17. The van der Waals surface area contributed by atoms with Gasteiger partial charge in [-0.15, -0.1) is 0 Å². The van der Waals surface area contributed by atoms with E-state index in [0.29, 0.717) is 5.88 Å². The first-order chi connectivity index (χ1) is 4.93.